The fourth-order valence-corrected chi connectivity index (χ4v) is 3.34. The van der Waals surface area contributed by atoms with Crippen molar-refractivity contribution in [3.63, 3.8) is 0 Å². The molecule has 2 heterocycles. The van der Waals surface area contributed by atoms with Gasteiger partial charge in [-0.05, 0) is 18.4 Å². The molecule has 1 aromatic carbocycles. The molecule has 5 nitrogen and oxygen atoms in total. The quantitative estimate of drug-likeness (QED) is 0.830. The van der Waals surface area contributed by atoms with E-state index in [-0.39, 0.29) is 17.8 Å². The van der Waals surface area contributed by atoms with Gasteiger partial charge in [0.1, 0.15) is 0 Å². The third-order valence-electron chi connectivity index (χ3n) is 3.64. The van der Waals surface area contributed by atoms with Crippen molar-refractivity contribution < 1.29 is 9.53 Å². The van der Waals surface area contributed by atoms with Crippen molar-refractivity contribution in [2.45, 2.75) is 30.6 Å². The molecule has 116 valence electrons. The first-order valence-corrected chi connectivity index (χ1v) is 8.36. The Kier molecular flexibility index (Phi) is 4.80. The highest BCUT2D eigenvalue weighted by Gasteiger charge is 2.20. The van der Waals surface area contributed by atoms with Gasteiger partial charge < -0.3 is 15.0 Å². The summed E-state index contributed by atoms with van der Waals surface area (Å²) in [5.74, 6) is -0.102. The SMILES string of the molecule is NC(=O)CSc1ncc(-c2ccccc2)n1CC1CCCO1. The Balaban J connectivity index is 1.89. The first-order valence-electron chi connectivity index (χ1n) is 7.37. The summed E-state index contributed by atoms with van der Waals surface area (Å²) in [5, 5.41) is 0.813. The van der Waals surface area contributed by atoms with E-state index in [1.807, 2.05) is 24.4 Å². The van der Waals surface area contributed by atoms with E-state index in [4.69, 9.17) is 10.5 Å². The lowest BCUT2D eigenvalue weighted by Crippen LogP contribution is -2.18. The van der Waals surface area contributed by atoms with Gasteiger partial charge in [-0.25, -0.2) is 4.98 Å². The third-order valence-corrected chi connectivity index (χ3v) is 4.66. The monoisotopic (exact) mass is 317 g/mol. The summed E-state index contributed by atoms with van der Waals surface area (Å²) in [7, 11) is 0. The predicted octanol–water partition coefficient (Wildman–Crippen LogP) is 2.31. The van der Waals surface area contributed by atoms with E-state index in [0.717, 1.165) is 42.4 Å². The van der Waals surface area contributed by atoms with Crippen molar-refractivity contribution in [3.8, 4) is 11.3 Å². The number of thioether (sulfide) groups is 1. The zero-order valence-corrected chi connectivity index (χ0v) is 13.1. The number of hydrogen-bond donors (Lipinski definition) is 1. The Morgan fingerprint density at radius 3 is 2.91 bits per heavy atom. The molecule has 6 heteroatoms. The number of primary amides is 1. The highest BCUT2D eigenvalue weighted by molar-refractivity contribution is 7.99. The molecule has 1 saturated heterocycles. The maximum atomic E-state index is 11.0. The van der Waals surface area contributed by atoms with Gasteiger partial charge in [0.25, 0.3) is 0 Å². The van der Waals surface area contributed by atoms with E-state index in [1.54, 1.807) is 0 Å². The number of carbonyl (C=O) groups excluding carboxylic acids is 1. The second-order valence-corrected chi connectivity index (χ2v) is 6.24. The number of nitrogens with zero attached hydrogens (tertiary/aromatic N) is 2. The van der Waals surface area contributed by atoms with Gasteiger partial charge in [-0.2, -0.15) is 0 Å². The molecule has 1 aliphatic rings. The van der Waals surface area contributed by atoms with Crippen molar-refractivity contribution >= 4 is 17.7 Å². The number of amides is 1. The molecule has 3 rings (SSSR count). The second-order valence-electron chi connectivity index (χ2n) is 5.29. The molecule has 22 heavy (non-hydrogen) atoms. The summed E-state index contributed by atoms with van der Waals surface area (Å²) in [4.78, 5) is 15.5. The first kappa shape index (κ1) is 15.1. The van der Waals surface area contributed by atoms with Crippen LogP contribution in [0, 0.1) is 0 Å². The molecular weight excluding hydrogens is 298 g/mol. The van der Waals surface area contributed by atoms with Gasteiger partial charge in [-0.3, -0.25) is 4.79 Å². The summed E-state index contributed by atoms with van der Waals surface area (Å²) in [6, 6.07) is 10.1. The van der Waals surface area contributed by atoms with Crippen molar-refractivity contribution in [1.82, 2.24) is 9.55 Å². The molecule has 2 N–H and O–H groups in total. The van der Waals surface area contributed by atoms with Crippen LogP contribution in [0.1, 0.15) is 12.8 Å². The van der Waals surface area contributed by atoms with Crippen LogP contribution >= 0.6 is 11.8 Å². The fourth-order valence-electron chi connectivity index (χ4n) is 2.62. The molecule has 0 bridgehead atoms. The summed E-state index contributed by atoms with van der Waals surface area (Å²) < 4.78 is 7.89. The number of rotatable bonds is 6. The lowest BCUT2D eigenvalue weighted by Gasteiger charge is -2.15. The van der Waals surface area contributed by atoms with E-state index >= 15 is 0 Å². The predicted molar refractivity (Wildman–Crippen MR) is 86.6 cm³/mol. The number of benzene rings is 1. The normalized spacial score (nSPS) is 17.7. The number of aromatic nitrogens is 2. The Labute approximate surface area is 133 Å². The Morgan fingerprint density at radius 1 is 1.41 bits per heavy atom. The summed E-state index contributed by atoms with van der Waals surface area (Å²) in [6.07, 6.45) is 4.23. The van der Waals surface area contributed by atoms with Crippen LogP contribution in [0.4, 0.5) is 0 Å². The molecule has 1 atom stereocenters. The Morgan fingerprint density at radius 2 is 2.23 bits per heavy atom. The molecule has 1 unspecified atom stereocenters. The topological polar surface area (TPSA) is 70.1 Å². The van der Waals surface area contributed by atoms with Gasteiger partial charge in [-0.15, -0.1) is 0 Å². The summed E-state index contributed by atoms with van der Waals surface area (Å²) in [6.45, 7) is 1.58. The number of imidazole rings is 1. The number of carbonyl (C=O) groups is 1. The smallest absolute Gasteiger partial charge is 0.227 e. The van der Waals surface area contributed by atoms with Crippen molar-refractivity contribution in [2.24, 2.45) is 5.73 Å². The Hall–Kier alpha value is -1.79. The van der Waals surface area contributed by atoms with E-state index in [2.05, 4.69) is 21.7 Å². The van der Waals surface area contributed by atoms with Gasteiger partial charge in [-0.1, -0.05) is 42.1 Å². The third kappa shape index (κ3) is 3.51. The van der Waals surface area contributed by atoms with Crippen LogP contribution in [0.5, 0.6) is 0 Å². The van der Waals surface area contributed by atoms with Crippen LogP contribution in [-0.2, 0) is 16.1 Å². The molecule has 1 aromatic heterocycles. The minimum atomic E-state index is -0.335. The molecule has 1 amide bonds. The molecular formula is C16H19N3O2S. The zero-order chi connectivity index (χ0) is 15.4. The van der Waals surface area contributed by atoms with Crippen molar-refractivity contribution in [2.75, 3.05) is 12.4 Å². The molecule has 0 aliphatic carbocycles. The highest BCUT2D eigenvalue weighted by atomic mass is 32.2. The molecule has 2 aromatic rings. The van der Waals surface area contributed by atoms with E-state index in [9.17, 15) is 4.79 Å². The minimum Gasteiger partial charge on any atom is -0.376 e. The molecule has 0 spiro atoms. The maximum Gasteiger partial charge on any atom is 0.227 e. The number of ether oxygens (including phenoxy) is 1. The zero-order valence-electron chi connectivity index (χ0n) is 12.3. The lowest BCUT2D eigenvalue weighted by atomic mass is 10.1. The first-order chi connectivity index (χ1) is 10.7. The standard InChI is InChI=1S/C16H19N3O2S/c17-15(20)11-22-16-18-9-14(12-5-2-1-3-6-12)19(16)10-13-7-4-8-21-13/h1-3,5-6,9,13H,4,7-8,10-11H2,(H2,17,20). The van der Waals surface area contributed by atoms with Crippen molar-refractivity contribution in [3.05, 3.63) is 36.5 Å². The van der Waals surface area contributed by atoms with Crippen LogP contribution in [0.2, 0.25) is 0 Å². The lowest BCUT2D eigenvalue weighted by molar-refractivity contribution is -0.115. The molecule has 0 saturated carbocycles. The van der Waals surface area contributed by atoms with Crippen LogP contribution < -0.4 is 5.73 Å². The Bertz CT molecular complexity index is 636. The van der Waals surface area contributed by atoms with Gasteiger partial charge in [0.05, 0.1) is 30.3 Å². The average molecular weight is 317 g/mol. The van der Waals surface area contributed by atoms with Gasteiger partial charge in [0, 0.05) is 6.61 Å². The van der Waals surface area contributed by atoms with Crippen LogP contribution in [0.15, 0.2) is 41.7 Å². The average Bonchev–Trinajstić information content (AvgIpc) is 3.16. The van der Waals surface area contributed by atoms with Crippen LogP contribution in [-0.4, -0.2) is 33.9 Å². The fraction of sp³-hybridized carbons (Fsp3) is 0.375. The van der Waals surface area contributed by atoms with E-state index in [1.165, 1.54) is 11.8 Å². The van der Waals surface area contributed by atoms with Gasteiger partial charge >= 0.3 is 0 Å². The largest absolute Gasteiger partial charge is 0.376 e. The highest BCUT2D eigenvalue weighted by Crippen LogP contribution is 2.28. The van der Waals surface area contributed by atoms with E-state index < -0.39 is 0 Å². The number of nitrogens with two attached hydrogens (primary N) is 1. The van der Waals surface area contributed by atoms with Gasteiger partial charge in [0.2, 0.25) is 5.91 Å². The summed E-state index contributed by atoms with van der Waals surface area (Å²) in [5.41, 5.74) is 7.41. The number of hydrogen-bond acceptors (Lipinski definition) is 4. The summed E-state index contributed by atoms with van der Waals surface area (Å²) >= 11 is 1.38. The molecule has 1 fully saturated rings. The van der Waals surface area contributed by atoms with Gasteiger partial charge in [0.15, 0.2) is 5.16 Å². The minimum absolute atomic E-state index is 0.213. The maximum absolute atomic E-state index is 11.0. The molecule has 0 radical (unpaired) electrons. The molecule has 1 aliphatic heterocycles. The second kappa shape index (κ2) is 6.98. The van der Waals surface area contributed by atoms with Crippen LogP contribution in [0.3, 0.4) is 0 Å². The van der Waals surface area contributed by atoms with Crippen molar-refractivity contribution in [1.29, 1.82) is 0 Å². The van der Waals surface area contributed by atoms with Crippen LogP contribution in [0.25, 0.3) is 11.3 Å². The van der Waals surface area contributed by atoms with E-state index in [0.29, 0.717) is 0 Å².